The molecule has 0 saturated carbocycles. The summed E-state index contributed by atoms with van der Waals surface area (Å²) < 4.78 is 0.896. The van der Waals surface area contributed by atoms with Crippen molar-refractivity contribution in [2.24, 2.45) is 0 Å². The zero-order valence-corrected chi connectivity index (χ0v) is 17.3. The number of aromatic nitrogens is 1. The minimum atomic E-state index is -0.162. The number of nitrogens with zero attached hydrogens (tertiary/aromatic N) is 2. The van der Waals surface area contributed by atoms with Crippen molar-refractivity contribution >= 4 is 49.9 Å². The van der Waals surface area contributed by atoms with Crippen LogP contribution in [0.3, 0.4) is 0 Å². The Morgan fingerprint density at radius 1 is 1.11 bits per heavy atom. The number of carbonyl (C=O) groups excluding carboxylic acids is 2. The van der Waals surface area contributed by atoms with Crippen LogP contribution in [-0.4, -0.2) is 29.4 Å². The third-order valence-corrected chi connectivity index (χ3v) is 5.29. The van der Waals surface area contributed by atoms with Gasteiger partial charge < -0.3 is 15.5 Å². The molecular weight excluding hydrogens is 372 g/mol. The van der Waals surface area contributed by atoms with Gasteiger partial charge in [-0.3, -0.25) is 9.59 Å². The van der Waals surface area contributed by atoms with Crippen LogP contribution >= 0.6 is 11.3 Å². The Labute approximate surface area is 168 Å². The van der Waals surface area contributed by atoms with Gasteiger partial charge in [-0.2, -0.15) is 0 Å². The third kappa shape index (κ3) is 4.48. The lowest BCUT2D eigenvalue weighted by atomic mass is 10.1. The summed E-state index contributed by atoms with van der Waals surface area (Å²) in [7, 11) is 0. The largest absolute Gasteiger partial charge is 0.369 e. The van der Waals surface area contributed by atoms with Gasteiger partial charge in [0.1, 0.15) is 0 Å². The van der Waals surface area contributed by atoms with Crippen molar-refractivity contribution < 1.29 is 9.59 Å². The molecule has 0 spiro atoms. The molecule has 0 radical (unpaired) electrons. The van der Waals surface area contributed by atoms with Gasteiger partial charge in [-0.25, -0.2) is 4.98 Å². The quantitative estimate of drug-likeness (QED) is 0.631. The van der Waals surface area contributed by atoms with Gasteiger partial charge in [0, 0.05) is 36.4 Å². The average molecular weight is 397 g/mol. The fourth-order valence-electron chi connectivity index (χ4n) is 3.06. The van der Waals surface area contributed by atoms with Crippen LogP contribution in [0, 0.1) is 0 Å². The molecule has 0 aliphatic heterocycles. The van der Waals surface area contributed by atoms with E-state index in [9.17, 15) is 9.59 Å². The molecule has 6 nitrogen and oxygen atoms in total. The lowest BCUT2D eigenvalue weighted by molar-refractivity contribution is -0.114. The maximum absolute atomic E-state index is 12.6. The normalized spacial score (nSPS) is 10.9. The maximum atomic E-state index is 12.6. The first-order valence-electron chi connectivity index (χ1n) is 9.23. The van der Waals surface area contributed by atoms with Gasteiger partial charge in [0.15, 0.2) is 5.13 Å². The summed E-state index contributed by atoms with van der Waals surface area (Å²) in [6.45, 7) is 8.78. The van der Waals surface area contributed by atoms with E-state index >= 15 is 0 Å². The van der Waals surface area contributed by atoms with E-state index in [4.69, 9.17) is 0 Å². The molecule has 7 heteroatoms. The molecule has 0 atom stereocenters. The van der Waals surface area contributed by atoms with Crippen molar-refractivity contribution in [2.75, 3.05) is 22.1 Å². The van der Waals surface area contributed by atoms with Crippen LogP contribution < -0.4 is 15.5 Å². The van der Waals surface area contributed by atoms with Crippen LogP contribution in [0.1, 0.15) is 38.1 Å². The van der Waals surface area contributed by atoms with Crippen LogP contribution in [0.5, 0.6) is 0 Å². The second kappa shape index (κ2) is 8.39. The predicted molar refractivity (Wildman–Crippen MR) is 116 cm³/mol. The first-order chi connectivity index (χ1) is 13.4. The van der Waals surface area contributed by atoms with E-state index < -0.39 is 0 Å². The molecule has 0 aliphatic rings. The van der Waals surface area contributed by atoms with Gasteiger partial charge in [-0.15, -0.1) is 0 Å². The topological polar surface area (TPSA) is 74.3 Å². The van der Waals surface area contributed by atoms with Crippen molar-refractivity contribution in [1.82, 2.24) is 4.98 Å². The van der Waals surface area contributed by atoms with Crippen LogP contribution in [-0.2, 0) is 4.79 Å². The van der Waals surface area contributed by atoms with E-state index in [1.807, 2.05) is 42.5 Å². The van der Waals surface area contributed by atoms with E-state index in [0.717, 1.165) is 22.4 Å². The van der Waals surface area contributed by atoms with E-state index in [1.165, 1.54) is 18.3 Å². The second-order valence-corrected chi connectivity index (χ2v) is 7.79. The van der Waals surface area contributed by atoms with Gasteiger partial charge in [0.2, 0.25) is 5.91 Å². The molecule has 2 amide bonds. The number of thiazole rings is 1. The molecule has 3 rings (SSSR count). The van der Waals surface area contributed by atoms with Gasteiger partial charge in [-0.05, 0) is 63.2 Å². The Balaban J connectivity index is 1.74. The van der Waals surface area contributed by atoms with E-state index in [2.05, 4.69) is 41.3 Å². The Kier molecular flexibility index (Phi) is 5.94. The number of benzene rings is 2. The smallest absolute Gasteiger partial charge is 0.255 e. The van der Waals surface area contributed by atoms with Crippen LogP contribution in [0.4, 0.5) is 16.5 Å². The fourth-order valence-corrected chi connectivity index (χ4v) is 4.01. The molecule has 146 valence electrons. The van der Waals surface area contributed by atoms with Crippen LogP contribution in [0.2, 0.25) is 0 Å². The van der Waals surface area contributed by atoms with Gasteiger partial charge in [0.05, 0.1) is 10.2 Å². The second-order valence-electron chi connectivity index (χ2n) is 6.76. The van der Waals surface area contributed by atoms with Gasteiger partial charge in [0.25, 0.3) is 5.91 Å². The van der Waals surface area contributed by atoms with Crippen molar-refractivity contribution in [3.05, 3.63) is 48.0 Å². The summed E-state index contributed by atoms with van der Waals surface area (Å²) in [6.07, 6.45) is 0. The Morgan fingerprint density at radius 2 is 1.82 bits per heavy atom. The summed E-state index contributed by atoms with van der Waals surface area (Å²) in [5, 5.41) is 6.16. The Hall–Kier alpha value is -2.93. The molecule has 1 heterocycles. The first kappa shape index (κ1) is 19.8. The molecule has 0 saturated heterocycles. The number of anilines is 3. The van der Waals surface area contributed by atoms with E-state index in [0.29, 0.717) is 22.4 Å². The molecule has 1 aromatic heterocycles. The molecule has 2 N–H and O–H groups in total. The molecule has 0 fully saturated rings. The lowest BCUT2D eigenvalue weighted by Crippen LogP contribution is -2.30. The summed E-state index contributed by atoms with van der Waals surface area (Å²) >= 11 is 1.37. The zero-order valence-electron chi connectivity index (χ0n) is 16.4. The van der Waals surface area contributed by atoms with Crippen molar-refractivity contribution in [1.29, 1.82) is 0 Å². The number of amides is 2. The van der Waals surface area contributed by atoms with Crippen LogP contribution in [0.25, 0.3) is 10.2 Å². The number of nitrogens with one attached hydrogen (secondary N) is 2. The van der Waals surface area contributed by atoms with Crippen molar-refractivity contribution in [3.8, 4) is 0 Å². The van der Waals surface area contributed by atoms with Crippen molar-refractivity contribution in [3.63, 3.8) is 0 Å². The van der Waals surface area contributed by atoms with Gasteiger partial charge >= 0.3 is 0 Å². The monoisotopic (exact) mass is 396 g/mol. The summed E-state index contributed by atoms with van der Waals surface area (Å²) in [5.41, 5.74) is 3.18. The highest BCUT2D eigenvalue weighted by Crippen LogP contribution is 2.28. The molecule has 3 aromatic rings. The minimum Gasteiger partial charge on any atom is -0.369 e. The summed E-state index contributed by atoms with van der Waals surface area (Å²) in [5.74, 6) is -0.319. The number of hydrogen-bond donors (Lipinski definition) is 2. The molecule has 0 unspecified atom stereocenters. The van der Waals surface area contributed by atoms with E-state index in [-0.39, 0.29) is 11.8 Å². The molecule has 2 aromatic carbocycles. The highest BCUT2D eigenvalue weighted by molar-refractivity contribution is 7.22. The number of fused-ring (bicyclic) bond motifs is 1. The number of hydrogen-bond acceptors (Lipinski definition) is 5. The van der Waals surface area contributed by atoms with Gasteiger partial charge in [-0.1, -0.05) is 11.3 Å². The number of rotatable bonds is 6. The lowest BCUT2D eigenvalue weighted by Gasteiger charge is -2.27. The first-order valence-corrected chi connectivity index (χ1v) is 10.0. The average Bonchev–Trinajstić information content (AvgIpc) is 3.03. The van der Waals surface area contributed by atoms with E-state index in [1.54, 1.807) is 0 Å². The molecule has 0 bridgehead atoms. The third-order valence-electron chi connectivity index (χ3n) is 4.35. The summed E-state index contributed by atoms with van der Waals surface area (Å²) in [6, 6.07) is 13.5. The molecule has 28 heavy (non-hydrogen) atoms. The Morgan fingerprint density at radius 3 is 2.43 bits per heavy atom. The standard InChI is InChI=1S/C21H24N4O2S/c1-5-25(13(2)3)17-9-6-15(7-10-17)20(27)23-16-8-11-18-19(12-16)28-21(24-18)22-14(4)26/h6-13H,5H2,1-4H3,(H,23,27)(H,22,24,26). The highest BCUT2D eigenvalue weighted by atomic mass is 32.1. The SMILES string of the molecule is CCN(c1ccc(C(=O)Nc2ccc3nc(NC(C)=O)sc3c2)cc1)C(C)C. The van der Waals surface area contributed by atoms with Crippen molar-refractivity contribution in [2.45, 2.75) is 33.7 Å². The minimum absolute atomic E-state index is 0.157. The van der Waals surface area contributed by atoms with Crippen LogP contribution in [0.15, 0.2) is 42.5 Å². The molecular formula is C21H24N4O2S. The fraction of sp³-hybridized carbons (Fsp3) is 0.286. The zero-order chi connectivity index (χ0) is 20.3. The Bertz CT molecular complexity index is 995. The maximum Gasteiger partial charge on any atom is 0.255 e. The molecule has 0 aliphatic carbocycles. The number of carbonyl (C=O) groups is 2. The predicted octanol–water partition coefficient (Wildman–Crippen LogP) is 4.74. The highest BCUT2D eigenvalue weighted by Gasteiger charge is 2.12. The summed E-state index contributed by atoms with van der Waals surface area (Å²) in [4.78, 5) is 30.4.